The topological polar surface area (TPSA) is 12.0 Å². The van der Waals surface area contributed by atoms with Crippen LogP contribution in [0.4, 0.5) is 18.9 Å². The fourth-order valence-electron chi connectivity index (χ4n) is 2.29. The number of hydrogen-bond donors (Lipinski definition) is 1. The summed E-state index contributed by atoms with van der Waals surface area (Å²) in [5.41, 5.74) is 0.574. The molecule has 0 radical (unpaired) electrons. The SMILES string of the molecule is CCCC1(CNc2ccc(C(F)(F)F)cc2)CC1. The van der Waals surface area contributed by atoms with Crippen LogP contribution in [0.3, 0.4) is 0 Å². The molecule has 1 aromatic rings. The molecular weight excluding hydrogens is 239 g/mol. The third-order valence-corrected chi connectivity index (χ3v) is 3.62. The Morgan fingerprint density at radius 3 is 2.22 bits per heavy atom. The zero-order valence-electron chi connectivity index (χ0n) is 10.5. The lowest BCUT2D eigenvalue weighted by molar-refractivity contribution is -0.137. The second-order valence-electron chi connectivity index (χ2n) is 5.18. The van der Waals surface area contributed by atoms with Gasteiger partial charge >= 0.3 is 6.18 Å². The second-order valence-corrected chi connectivity index (χ2v) is 5.18. The van der Waals surface area contributed by atoms with Crippen LogP contribution in [0.25, 0.3) is 0 Å². The van der Waals surface area contributed by atoms with E-state index in [2.05, 4.69) is 12.2 Å². The number of hydrogen-bond acceptors (Lipinski definition) is 1. The Labute approximate surface area is 105 Å². The molecule has 0 bridgehead atoms. The van der Waals surface area contributed by atoms with E-state index in [1.54, 1.807) is 0 Å². The minimum atomic E-state index is -4.25. The number of alkyl halides is 3. The van der Waals surface area contributed by atoms with Crippen LogP contribution in [0, 0.1) is 5.41 Å². The second kappa shape index (κ2) is 4.82. The molecule has 0 saturated heterocycles. The molecule has 4 heteroatoms. The molecule has 1 saturated carbocycles. The van der Waals surface area contributed by atoms with Gasteiger partial charge < -0.3 is 5.32 Å². The summed E-state index contributed by atoms with van der Waals surface area (Å²) in [6.45, 7) is 3.03. The van der Waals surface area contributed by atoms with E-state index in [-0.39, 0.29) is 0 Å². The molecule has 0 aliphatic heterocycles. The van der Waals surface area contributed by atoms with E-state index in [9.17, 15) is 13.2 Å². The van der Waals surface area contributed by atoms with Gasteiger partial charge in [0.2, 0.25) is 0 Å². The number of rotatable bonds is 5. The van der Waals surface area contributed by atoms with Gasteiger partial charge in [-0.3, -0.25) is 0 Å². The van der Waals surface area contributed by atoms with Crippen molar-refractivity contribution in [3.63, 3.8) is 0 Å². The van der Waals surface area contributed by atoms with Crippen molar-refractivity contribution >= 4 is 5.69 Å². The standard InChI is InChI=1S/C14H18F3N/c1-2-7-13(8-9-13)10-18-12-5-3-11(4-6-12)14(15,16)17/h3-6,18H,2,7-10H2,1H3. The third kappa shape index (κ3) is 3.18. The first-order chi connectivity index (χ1) is 8.45. The summed E-state index contributed by atoms with van der Waals surface area (Å²) in [5, 5.41) is 3.24. The van der Waals surface area contributed by atoms with E-state index in [0.29, 0.717) is 5.41 Å². The zero-order valence-corrected chi connectivity index (χ0v) is 10.5. The highest BCUT2D eigenvalue weighted by atomic mass is 19.4. The fraction of sp³-hybridized carbons (Fsp3) is 0.571. The van der Waals surface area contributed by atoms with Crippen LogP contribution in [-0.4, -0.2) is 6.54 Å². The Hall–Kier alpha value is -1.19. The van der Waals surface area contributed by atoms with Crippen LogP contribution in [0.15, 0.2) is 24.3 Å². The van der Waals surface area contributed by atoms with Crippen molar-refractivity contribution in [3.8, 4) is 0 Å². The first-order valence-electron chi connectivity index (χ1n) is 6.36. The maximum Gasteiger partial charge on any atom is 0.416 e. The normalized spacial score (nSPS) is 17.6. The molecule has 0 heterocycles. The maximum atomic E-state index is 12.4. The highest BCUT2D eigenvalue weighted by molar-refractivity contribution is 5.45. The first kappa shape index (κ1) is 13.2. The lowest BCUT2D eigenvalue weighted by Crippen LogP contribution is -2.15. The van der Waals surface area contributed by atoms with Gasteiger partial charge in [0.05, 0.1) is 5.56 Å². The summed E-state index contributed by atoms with van der Waals surface area (Å²) in [6, 6.07) is 5.26. The lowest BCUT2D eigenvalue weighted by Gasteiger charge is -2.16. The average Bonchev–Trinajstić information content (AvgIpc) is 3.07. The Morgan fingerprint density at radius 2 is 1.78 bits per heavy atom. The van der Waals surface area contributed by atoms with Gasteiger partial charge in [-0.25, -0.2) is 0 Å². The number of nitrogens with one attached hydrogen (secondary N) is 1. The number of anilines is 1. The molecule has 0 aromatic heterocycles. The predicted molar refractivity (Wildman–Crippen MR) is 66.5 cm³/mol. The molecule has 0 amide bonds. The summed E-state index contributed by atoms with van der Waals surface area (Å²) in [5.74, 6) is 0. The molecule has 1 aliphatic carbocycles. The Balaban J connectivity index is 1.91. The summed E-state index contributed by atoms with van der Waals surface area (Å²) < 4.78 is 37.2. The Morgan fingerprint density at radius 1 is 1.17 bits per heavy atom. The predicted octanol–water partition coefficient (Wildman–Crippen LogP) is 4.70. The zero-order chi connectivity index (χ0) is 13.2. The van der Waals surface area contributed by atoms with Crippen LogP contribution < -0.4 is 5.32 Å². The van der Waals surface area contributed by atoms with Gasteiger partial charge in [0.1, 0.15) is 0 Å². The summed E-state index contributed by atoms with van der Waals surface area (Å²) >= 11 is 0. The summed E-state index contributed by atoms with van der Waals surface area (Å²) in [6.07, 6.45) is 0.566. The van der Waals surface area contributed by atoms with E-state index >= 15 is 0 Å². The summed E-state index contributed by atoms with van der Waals surface area (Å²) in [7, 11) is 0. The van der Waals surface area contributed by atoms with Gasteiger partial charge in [0.25, 0.3) is 0 Å². The molecule has 100 valence electrons. The third-order valence-electron chi connectivity index (χ3n) is 3.62. The minimum absolute atomic E-state index is 0.400. The van der Waals surface area contributed by atoms with Crippen molar-refractivity contribution in [3.05, 3.63) is 29.8 Å². The monoisotopic (exact) mass is 257 g/mol. The molecule has 0 unspecified atom stereocenters. The quantitative estimate of drug-likeness (QED) is 0.806. The molecule has 18 heavy (non-hydrogen) atoms. The van der Waals surface area contributed by atoms with Gasteiger partial charge in [-0.15, -0.1) is 0 Å². The van der Waals surface area contributed by atoms with Crippen LogP contribution in [0.1, 0.15) is 38.2 Å². The smallest absolute Gasteiger partial charge is 0.384 e. The number of benzene rings is 1. The molecular formula is C14H18F3N. The van der Waals surface area contributed by atoms with Gasteiger partial charge in [-0.1, -0.05) is 13.3 Å². The highest BCUT2D eigenvalue weighted by Crippen LogP contribution is 2.49. The molecule has 0 spiro atoms. The van der Waals surface area contributed by atoms with Crippen LogP contribution in [0.5, 0.6) is 0 Å². The highest BCUT2D eigenvalue weighted by Gasteiger charge is 2.41. The Bertz CT molecular complexity index is 390. The molecule has 1 fully saturated rings. The van der Waals surface area contributed by atoms with Crippen LogP contribution in [0.2, 0.25) is 0 Å². The van der Waals surface area contributed by atoms with Crippen molar-refractivity contribution in [2.45, 2.75) is 38.8 Å². The van der Waals surface area contributed by atoms with Crippen LogP contribution in [-0.2, 0) is 6.18 Å². The first-order valence-corrected chi connectivity index (χ1v) is 6.36. The molecule has 0 atom stereocenters. The molecule has 1 aliphatic rings. The van der Waals surface area contributed by atoms with Crippen molar-refractivity contribution in [2.75, 3.05) is 11.9 Å². The van der Waals surface area contributed by atoms with Gasteiger partial charge in [-0.2, -0.15) is 13.2 Å². The van der Waals surface area contributed by atoms with Crippen molar-refractivity contribution in [1.29, 1.82) is 0 Å². The van der Waals surface area contributed by atoms with Gasteiger partial charge in [0, 0.05) is 12.2 Å². The Kier molecular flexibility index (Phi) is 3.55. The molecule has 2 rings (SSSR count). The number of halogens is 3. The largest absolute Gasteiger partial charge is 0.416 e. The van der Waals surface area contributed by atoms with Crippen molar-refractivity contribution in [1.82, 2.24) is 0 Å². The average molecular weight is 257 g/mol. The maximum absolute atomic E-state index is 12.4. The molecule has 1 nitrogen and oxygen atoms in total. The van der Waals surface area contributed by atoms with Gasteiger partial charge in [0.15, 0.2) is 0 Å². The molecule has 1 aromatic carbocycles. The van der Waals surface area contributed by atoms with E-state index < -0.39 is 11.7 Å². The minimum Gasteiger partial charge on any atom is -0.384 e. The van der Waals surface area contributed by atoms with E-state index in [1.807, 2.05) is 0 Å². The van der Waals surface area contributed by atoms with E-state index in [1.165, 1.54) is 31.4 Å². The van der Waals surface area contributed by atoms with Crippen molar-refractivity contribution in [2.24, 2.45) is 5.41 Å². The van der Waals surface area contributed by atoms with Crippen LogP contribution >= 0.6 is 0 Å². The van der Waals surface area contributed by atoms with E-state index in [0.717, 1.165) is 30.8 Å². The lowest BCUT2D eigenvalue weighted by atomic mass is 10.0. The molecule has 1 N–H and O–H groups in total. The van der Waals surface area contributed by atoms with Gasteiger partial charge in [-0.05, 0) is 48.9 Å². The van der Waals surface area contributed by atoms with E-state index in [4.69, 9.17) is 0 Å². The summed E-state index contributed by atoms with van der Waals surface area (Å²) in [4.78, 5) is 0. The fourth-order valence-corrected chi connectivity index (χ4v) is 2.29. The van der Waals surface area contributed by atoms with Crippen molar-refractivity contribution < 1.29 is 13.2 Å².